The number of aromatic nitrogens is 6. The molecule has 1 N–H and O–H groups in total. The lowest BCUT2D eigenvalue weighted by Gasteiger charge is -2.03. The highest BCUT2D eigenvalue weighted by Crippen LogP contribution is 2.31. The van der Waals surface area contributed by atoms with E-state index < -0.39 is 0 Å². The number of hydrogen-bond acceptors (Lipinski definition) is 4. The van der Waals surface area contributed by atoms with Gasteiger partial charge in [-0.1, -0.05) is 6.07 Å². The third-order valence-corrected chi connectivity index (χ3v) is 4.35. The van der Waals surface area contributed by atoms with Crippen molar-refractivity contribution in [3.63, 3.8) is 0 Å². The number of fused-ring (bicyclic) bond motifs is 2. The molecule has 5 rings (SSSR count). The summed E-state index contributed by atoms with van der Waals surface area (Å²) in [6.45, 7) is 0. The number of nitrogens with one attached hydrogen (secondary N) is 1. The molecule has 4 aromatic heterocycles. The average Bonchev–Trinajstić information content (AvgIpc) is 3.27. The van der Waals surface area contributed by atoms with E-state index in [1.165, 1.54) is 0 Å². The normalized spacial score (nSPS) is 11.4. The minimum Gasteiger partial charge on any atom is -0.346 e. The highest BCUT2D eigenvalue weighted by Gasteiger charge is 2.10. The van der Waals surface area contributed by atoms with Crippen LogP contribution in [-0.4, -0.2) is 29.7 Å². The van der Waals surface area contributed by atoms with Crippen LogP contribution in [0.2, 0.25) is 0 Å². The molecule has 0 aliphatic carbocycles. The van der Waals surface area contributed by atoms with E-state index in [-0.39, 0.29) is 0 Å². The van der Waals surface area contributed by atoms with Gasteiger partial charge in [0.2, 0.25) is 0 Å². The van der Waals surface area contributed by atoms with Crippen molar-refractivity contribution >= 4 is 22.1 Å². The third kappa shape index (κ3) is 2.27. The molecule has 25 heavy (non-hydrogen) atoms. The van der Waals surface area contributed by atoms with E-state index in [9.17, 15) is 0 Å². The summed E-state index contributed by atoms with van der Waals surface area (Å²) < 4.78 is 1.79. The zero-order chi connectivity index (χ0) is 16.8. The molecule has 1 aromatic carbocycles. The van der Waals surface area contributed by atoms with Gasteiger partial charge in [-0.3, -0.25) is 14.6 Å². The summed E-state index contributed by atoms with van der Waals surface area (Å²) in [6.07, 6.45) is 11.1. The third-order valence-electron chi connectivity index (χ3n) is 4.35. The number of nitrogens with zero attached hydrogens (tertiary/aromatic N) is 5. The van der Waals surface area contributed by atoms with Gasteiger partial charge in [0.1, 0.15) is 5.65 Å². The summed E-state index contributed by atoms with van der Waals surface area (Å²) in [5.74, 6) is 0. The van der Waals surface area contributed by atoms with Gasteiger partial charge < -0.3 is 4.98 Å². The topological polar surface area (TPSA) is 72.3 Å². The zero-order valence-corrected chi connectivity index (χ0v) is 13.5. The molecule has 5 aromatic rings. The minimum atomic E-state index is 0.863. The second kappa shape index (κ2) is 5.24. The van der Waals surface area contributed by atoms with E-state index >= 15 is 0 Å². The van der Waals surface area contributed by atoms with E-state index in [1.807, 2.05) is 37.9 Å². The van der Waals surface area contributed by atoms with E-state index in [0.717, 1.165) is 44.3 Å². The lowest BCUT2D eigenvalue weighted by atomic mass is 10.0. The van der Waals surface area contributed by atoms with E-state index in [0.29, 0.717) is 0 Å². The number of pyridine rings is 1. The first-order valence-electron chi connectivity index (χ1n) is 7.95. The summed E-state index contributed by atoms with van der Waals surface area (Å²) in [6, 6.07) is 8.26. The van der Waals surface area contributed by atoms with E-state index in [4.69, 9.17) is 0 Å². The Kier molecular flexibility index (Phi) is 2.90. The Morgan fingerprint density at radius 3 is 2.60 bits per heavy atom. The lowest BCUT2D eigenvalue weighted by Crippen LogP contribution is -1.85. The molecule has 0 saturated carbocycles. The molecule has 0 aliphatic rings. The van der Waals surface area contributed by atoms with Gasteiger partial charge in [0, 0.05) is 60.1 Å². The number of benzene rings is 1. The molecule has 120 valence electrons. The Bertz CT molecular complexity index is 1220. The Morgan fingerprint density at radius 2 is 1.76 bits per heavy atom. The van der Waals surface area contributed by atoms with Crippen LogP contribution in [0, 0.1) is 0 Å². The monoisotopic (exact) mass is 326 g/mol. The largest absolute Gasteiger partial charge is 0.346 e. The number of aryl methyl sites for hydroxylation is 1. The molecular weight excluding hydrogens is 312 g/mol. The minimum absolute atomic E-state index is 0.863. The number of hydrogen-bond donors (Lipinski definition) is 1. The Balaban J connectivity index is 1.69. The van der Waals surface area contributed by atoms with Gasteiger partial charge in [-0.2, -0.15) is 5.10 Å². The number of rotatable bonds is 2. The summed E-state index contributed by atoms with van der Waals surface area (Å²) >= 11 is 0. The molecule has 0 spiro atoms. The van der Waals surface area contributed by atoms with Crippen molar-refractivity contribution in [1.29, 1.82) is 0 Å². The van der Waals surface area contributed by atoms with Crippen LogP contribution in [0.15, 0.2) is 61.4 Å². The van der Waals surface area contributed by atoms with Gasteiger partial charge in [0.25, 0.3) is 0 Å². The van der Waals surface area contributed by atoms with Crippen molar-refractivity contribution in [2.24, 2.45) is 7.05 Å². The van der Waals surface area contributed by atoms with Gasteiger partial charge in [0.05, 0.1) is 17.2 Å². The Morgan fingerprint density at radius 1 is 0.880 bits per heavy atom. The van der Waals surface area contributed by atoms with Crippen molar-refractivity contribution < 1.29 is 0 Å². The molecule has 6 nitrogen and oxygen atoms in total. The number of H-pyrrole nitrogens is 1. The molecule has 0 unspecified atom stereocenters. The van der Waals surface area contributed by atoms with Crippen LogP contribution in [0.3, 0.4) is 0 Å². The lowest BCUT2D eigenvalue weighted by molar-refractivity contribution is 0.768. The Labute approximate surface area is 143 Å². The molecule has 6 heteroatoms. The highest BCUT2D eigenvalue weighted by molar-refractivity contribution is 5.97. The molecule has 0 saturated heterocycles. The van der Waals surface area contributed by atoms with Crippen molar-refractivity contribution in [3.8, 4) is 22.3 Å². The first kappa shape index (κ1) is 13.9. The van der Waals surface area contributed by atoms with Gasteiger partial charge in [-0.15, -0.1) is 0 Å². The summed E-state index contributed by atoms with van der Waals surface area (Å²) in [5.41, 5.74) is 6.91. The zero-order valence-electron chi connectivity index (χ0n) is 13.5. The molecule has 0 atom stereocenters. The maximum absolute atomic E-state index is 4.55. The van der Waals surface area contributed by atoms with Crippen molar-refractivity contribution in [3.05, 3.63) is 61.4 Å². The SMILES string of the molecule is Cn1cc(-c2cnc3[nH]cc(-c4ccc5nccnc5c4)c3c2)cn1. The van der Waals surface area contributed by atoms with Crippen molar-refractivity contribution in [2.45, 2.75) is 0 Å². The van der Waals surface area contributed by atoms with Gasteiger partial charge in [-0.05, 0) is 23.8 Å². The van der Waals surface area contributed by atoms with Crippen LogP contribution in [0.5, 0.6) is 0 Å². The van der Waals surface area contributed by atoms with E-state index in [1.54, 1.807) is 17.1 Å². The summed E-state index contributed by atoms with van der Waals surface area (Å²) in [4.78, 5) is 16.5. The predicted molar refractivity (Wildman–Crippen MR) is 96.8 cm³/mol. The molecule has 0 amide bonds. The molecule has 0 aliphatic heterocycles. The quantitative estimate of drug-likeness (QED) is 0.538. The molecular formula is C19H14N6. The standard InChI is InChI=1S/C19H14N6/c1-25-11-14(9-24-25)13-6-15-16(10-23-19(15)22-8-13)12-2-3-17-18(7-12)21-5-4-20-17/h2-11H,1H3,(H,22,23). The van der Waals surface area contributed by atoms with Crippen molar-refractivity contribution in [2.75, 3.05) is 0 Å². The fraction of sp³-hybridized carbons (Fsp3) is 0.0526. The van der Waals surface area contributed by atoms with Crippen LogP contribution < -0.4 is 0 Å². The summed E-state index contributed by atoms with van der Waals surface area (Å²) in [7, 11) is 1.91. The first-order chi connectivity index (χ1) is 12.3. The van der Waals surface area contributed by atoms with Crippen molar-refractivity contribution in [1.82, 2.24) is 29.7 Å². The smallest absolute Gasteiger partial charge is 0.137 e. The molecule has 0 fully saturated rings. The van der Waals surface area contributed by atoms with Gasteiger partial charge >= 0.3 is 0 Å². The first-order valence-corrected chi connectivity index (χ1v) is 7.95. The highest BCUT2D eigenvalue weighted by atomic mass is 15.2. The maximum atomic E-state index is 4.55. The number of aromatic amines is 1. The van der Waals surface area contributed by atoms with Crippen LogP contribution in [-0.2, 0) is 7.05 Å². The van der Waals surface area contributed by atoms with Crippen LogP contribution in [0.1, 0.15) is 0 Å². The summed E-state index contributed by atoms with van der Waals surface area (Å²) in [5, 5.41) is 5.32. The fourth-order valence-corrected chi connectivity index (χ4v) is 3.10. The fourth-order valence-electron chi connectivity index (χ4n) is 3.10. The van der Waals surface area contributed by atoms with Gasteiger partial charge in [-0.25, -0.2) is 4.98 Å². The molecule has 4 heterocycles. The van der Waals surface area contributed by atoms with Crippen LogP contribution in [0.4, 0.5) is 0 Å². The predicted octanol–water partition coefficient (Wildman–Crippen LogP) is 3.57. The Hall–Kier alpha value is -3.54. The maximum Gasteiger partial charge on any atom is 0.137 e. The molecule has 0 radical (unpaired) electrons. The van der Waals surface area contributed by atoms with E-state index in [2.05, 4.69) is 43.2 Å². The average molecular weight is 326 g/mol. The molecule has 0 bridgehead atoms. The second-order valence-electron chi connectivity index (χ2n) is 5.99. The second-order valence-corrected chi connectivity index (χ2v) is 5.99. The van der Waals surface area contributed by atoms with Crippen LogP contribution in [0.25, 0.3) is 44.3 Å². The van der Waals surface area contributed by atoms with Gasteiger partial charge in [0.15, 0.2) is 0 Å². The van der Waals surface area contributed by atoms with Crippen LogP contribution >= 0.6 is 0 Å².